The predicted octanol–water partition coefficient (Wildman–Crippen LogP) is 8.84. The predicted molar refractivity (Wildman–Crippen MR) is 158 cm³/mol. The van der Waals surface area contributed by atoms with E-state index in [2.05, 4.69) is 82.4 Å². The van der Waals surface area contributed by atoms with Crippen molar-refractivity contribution in [2.24, 2.45) is 8.91 Å². The largest absolute Gasteiger partial charge is 0.507 e. The Kier molecular flexibility index (Phi) is 10.8. The summed E-state index contributed by atoms with van der Waals surface area (Å²) in [5.74, 6) is 0.202. The van der Waals surface area contributed by atoms with E-state index in [9.17, 15) is 10.2 Å². The molecule has 2 unspecified atom stereocenters. The van der Waals surface area contributed by atoms with E-state index in [-0.39, 0.29) is 23.8 Å². The Labute approximate surface area is 239 Å². The normalized spacial score (nSPS) is 20.4. The van der Waals surface area contributed by atoms with E-state index in [4.69, 9.17) is 3.50 Å². The van der Waals surface area contributed by atoms with E-state index in [1.165, 1.54) is 34.4 Å². The summed E-state index contributed by atoms with van der Waals surface area (Å²) in [6, 6.07) is 10.7. The van der Waals surface area contributed by atoms with Gasteiger partial charge in [-0.25, -0.2) is 0 Å². The molecule has 206 valence electrons. The molecule has 2 atom stereocenters. The summed E-state index contributed by atoms with van der Waals surface area (Å²) in [5.41, 5.74) is 10.8. The molecular formula is C34H47MoNO2. The molecule has 3 nitrogen and oxygen atoms in total. The molecular weight excluding hydrogens is 550 g/mol. The van der Waals surface area contributed by atoms with Crippen LogP contribution in [0.3, 0.4) is 0 Å². The van der Waals surface area contributed by atoms with Crippen LogP contribution in [0.4, 0.5) is 5.69 Å². The van der Waals surface area contributed by atoms with Crippen molar-refractivity contribution < 1.29 is 28.1 Å². The van der Waals surface area contributed by atoms with Gasteiger partial charge < -0.3 is 10.2 Å². The first-order valence-electron chi connectivity index (χ1n) is 14.2. The Morgan fingerprint density at radius 3 is 2.39 bits per heavy atom. The van der Waals surface area contributed by atoms with Gasteiger partial charge in [-0.3, -0.25) is 0 Å². The van der Waals surface area contributed by atoms with E-state index in [0.717, 1.165) is 54.4 Å². The van der Waals surface area contributed by atoms with Crippen molar-refractivity contribution in [2.75, 3.05) is 0 Å². The van der Waals surface area contributed by atoms with E-state index in [0.29, 0.717) is 11.2 Å². The minimum absolute atomic E-state index is 0.146. The molecule has 0 saturated carbocycles. The van der Waals surface area contributed by atoms with Crippen LogP contribution < -0.4 is 0 Å². The summed E-state index contributed by atoms with van der Waals surface area (Å²) < 4.78 is 7.17. The number of rotatable bonds is 5. The molecule has 4 heteroatoms. The Balaban J connectivity index is 0.000000241. The number of nitrogens with zero attached hydrogens (tertiary/aromatic N) is 1. The molecule has 0 bridgehead atoms. The van der Waals surface area contributed by atoms with Gasteiger partial charge in [-0.1, -0.05) is 44.4 Å². The Hall–Kier alpha value is -1.96. The van der Waals surface area contributed by atoms with Crippen molar-refractivity contribution in [2.45, 2.75) is 106 Å². The van der Waals surface area contributed by atoms with Crippen LogP contribution in [0.25, 0.3) is 0 Å². The standard InChI is InChI=1S/C22H32O2.C12H15N.Mo/c1-7-9-17-11-13(3)21(23)19(15(17)5)20-16(6)18(10-8-2)12-14(4)22(20)24;1-12(2,3)9-8-10-6-4-5-7-11(10)13;/h11-12,19,21,23-24H,7-10H2,1-6H3;1,4-7H,8-9H2,2-3H3;. The molecule has 1 aliphatic heterocycles. The average Bonchev–Trinajstić information content (AvgIpc) is 2.87. The number of hydrogen-bond donors (Lipinski definition) is 2. The number of aliphatic hydroxyl groups is 1. The topological polar surface area (TPSA) is 52.8 Å². The number of benzene rings is 2. The quantitative estimate of drug-likeness (QED) is 0.339. The number of aryl methyl sites for hydroxylation is 3. The number of fused-ring (bicyclic) bond motifs is 1. The maximum atomic E-state index is 10.9. The fourth-order valence-electron chi connectivity index (χ4n) is 5.55. The van der Waals surface area contributed by atoms with Crippen molar-refractivity contribution in [3.05, 3.63) is 80.9 Å². The molecule has 0 radical (unpaired) electrons. The van der Waals surface area contributed by atoms with Crippen molar-refractivity contribution in [3.63, 3.8) is 0 Å². The minimum atomic E-state index is -0.563. The van der Waals surface area contributed by atoms with E-state index < -0.39 is 6.10 Å². The van der Waals surface area contributed by atoms with Crippen LogP contribution in [0.2, 0.25) is 0 Å². The molecule has 0 spiro atoms. The summed E-state index contributed by atoms with van der Waals surface area (Å²) in [7, 11) is 0. The van der Waals surface area contributed by atoms with Crippen molar-refractivity contribution >= 4 is 10.1 Å². The molecule has 1 aliphatic carbocycles. The second kappa shape index (κ2) is 13.4. The first-order valence-corrected chi connectivity index (χ1v) is 16.2. The SMILES string of the molecule is CC1(C)[CH]=[Mo]=[N]c2ccccc2CC1.CCCC1=C(C)C(c2c(C)c(CCC)cc(C)c2O)C(O)C(C)=C1. The number of phenols is 1. The third-order valence-electron chi connectivity index (χ3n) is 7.97. The molecule has 2 aliphatic rings. The Morgan fingerprint density at radius 2 is 1.71 bits per heavy atom. The Bertz CT molecular complexity index is 1280. The van der Waals surface area contributed by atoms with Gasteiger partial charge in [0, 0.05) is 11.5 Å². The van der Waals surface area contributed by atoms with Gasteiger partial charge in [-0.05, 0) is 68.4 Å². The molecule has 0 amide bonds. The van der Waals surface area contributed by atoms with Gasteiger partial charge in [-0.15, -0.1) is 0 Å². The van der Waals surface area contributed by atoms with Crippen LogP contribution in [0.5, 0.6) is 5.75 Å². The maximum Gasteiger partial charge on any atom is 0.122 e. The van der Waals surface area contributed by atoms with Crippen LogP contribution in [0.15, 0.2) is 56.6 Å². The van der Waals surface area contributed by atoms with Crippen LogP contribution in [0, 0.1) is 19.3 Å². The van der Waals surface area contributed by atoms with Crippen LogP contribution in [-0.4, -0.2) is 20.7 Å². The molecule has 2 aromatic rings. The van der Waals surface area contributed by atoms with Crippen LogP contribution in [0.1, 0.15) is 101 Å². The van der Waals surface area contributed by atoms with Crippen molar-refractivity contribution in [1.29, 1.82) is 0 Å². The molecule has 1 heterocycles. The molecule has 38 heavy (non-hydrogen) atoms. The zero-order valence-corrected chi connectivity index (χ0v) is 26.7. The molecule has 0 aromatic heterocycles. The third-order valence-corrected chi connectivity index (χ3v) is 10.5. The molecule has 0 saturated heterocycles. The molecule has 4 rings (SSSR count). The van der Waals surface area contributed by atoms with Gasteiger partial charge >= 0.3 is 93.4 Å². The fraction of sp³-hybridized carbons (Fsp3) is 0.500. The molecule has 2 N–H and O–H groups in total. The summed E-state index contributed by atoms with van der Waals surface area (Å²) in [6.45, 7) is 17.2. The second-order valence-electron chi connectivity index (χ2n) is 11.7. The second-order valence-corrected chi connectivity index (χ2v) is 13.2. The molecule has 2 aromatic carbocycles. The monoisotopic (exact) mass is 599 g/mol. The van der Waals surface area contributed by atoms with Gasteiger partial charge in [0.05, 0.1) is 6.10 Å². The van der Waals surface area contributed by atoms with Gasteiger partial charge in [-0.2, -0.15) is 0 Å². The average molecular weight is 598 g/mol. The molecule has 0 fully saturated rings. The number of phenolic OH excluding ortho intramolecular Hbond substituents is 1. The number of aromatic hydroxyl groups is 1. The Morgan fingerprint density at radius 1 is 1.03 bits per heavy atom. The zero-order chi connectivity index (χ0) is 28.0. The maximum absolute atomic E-state index is 10.9. The summed E-state index contributed by atoms with van der Waals surface area (Å²) >= 11 is -0.284. The van der Waals surface area contributed by atoms with Crippen LogP contribution in [-0.2, 0) is 30.8 Å². The summed E-state index contributed by atoms with van der Waals surface area (Å²) in [5, 5.41) is 21.7. The zero-order valence-electron chi connectivity index (χ0n) is 24.7. The number of hydrogen-bond acceptors (Lipinski definition) is 3. The van der Waals surface area contributed by atoms with Crippen LogP contribution >= 0.6 is 0 Å². The van der Waals surface area contributed by atoms with Gasteiger partial charge in [0.1, 0.15) is 5.75 Å². The summed E-state index contributed by atoms with van der Waals surface area (Å²) in [4.78, 5) is 0. The van der Waals surface area contributed by atoms with E-state index in [1.807, 2.05) is 13.8 Å². The van der Waals surface area contributed by atoms with E-state index >= 15 is 0 Å². The first-order chi connectivity index (χ1) is 18.0. The fourth-order valence-corrected chi connectivity index (χ4v) is 7.39. The van der Waals surface area contributed by atoms with E-state index in [1.54, 1.807) is 0 Å². The number of allylic oxidation sites excluding steroid dienone is 2. The third kappa shape index (κ3) is 7.16. The minimum Gasteiger partial charge on any atom is -0.507 e. The van der Waals surface area contributed by atoms with Crippen molar-refractivity contribution in [1.82, 2.24) is 0 Å². The first kappa shape index (κ1) is 30.6. The smallest absolute Gasteiger partial charge is 0.122 e. The van der Waals surface area contributed by atoms with Gasteiger partial charge in [0.15, 0.2) is 0 Å². The van der Waals surface area contributed by atoms with Gasteiger partial charge in [0.25, 0.3) is 0 Å². The number of aliphatic hydroxyl groups excluding tert-OH is 1. The van der Waals surface area contributed by atoms with Gasteiger partial charge in [0.2, 0.25) is 0 Å². The summed E-state index contributed by atoms with van der Waals surface area (Å²) in [6.07, 6.45) is 8.16. The van der Waals surface area contributed by atoms with Crippen molar-refractivity contribution in [3.8, 4) is 5.75 Å².